The highest BCUT2D eigenvalue weighted by Crippen LogP contribution is 2.43. The fraction of sp³-hybridized carbons (Fsp3) is 0.571. The lowest BCUT2D eigenvalue weighted by Crippen LogP contribution is -2.21. The van der Waals surface area contributed by atoms with Gasteiger partial charge in [0.15, 0.2) is 5.69 Å². The van der Waals surface area contributed by atoms with Crippen molar-refractivity contribution in [2.24, 2.45) is 0 Å². The van der Waals surface area contributed by atoms with Crippen molar-refractivity contribution in [3.8, 4) is 0 Å². The third-order valence-corrected chi connectivity index (χ3v) is 5.01. The molecule has 0 unspecified atom stereocenters. The smallest absolute Gasteiger partial charge is 0.299 e. The fourth-order valence-electron chi connectivity index (χ4n) is 2.48. The number of halogens is 3. The normalized spacial score (nSPS) is 18.0. The van der Waals surface area contributed by atoms with Crippen molar-refractivity contribution in [1.29, 1.82) is 0 Å². The molecule has 0 spiro atoms. The molecule has 24 heavy (non-hydrogen) atoms. The van der Waals surface area contributed by atoms with Gasteiger partial charge in [0.25, 0.3) is 0 Å². The van der Waals surface area contributed by atoms with Crippen molar-refractivity contribution < 1.29 is 18.0 Å². The Morgan fingerprint density at radius 1 is 1.25 bits per heavy atom. The van der Waals surface area contributed by atoms with Gasteiger partial charge >= 0.3 is 6.18 Å². The first-order valence-corrected chi connectivity index (χ1v) is 8.50. The molecule has 0 radical (unpaired) electrons. The summed E-state index contributed by atoms with van der Waals surface area (Å²) in [5.74, 6) is 0.0479. The average molecular weight is 357 g/mol. The van der Waals surface area contributed by atoms with Gasteiger partial charge in [-0.15, -0.1) is 10.2 Å². The van der Waals surface area contributed by atoms with Gasteiger partial charge < -0.3 is 0 Å². The number of carbonyl (C=O) groups is 1. The van der Waals surface area contributed by atoms with Crippen LogP contribution in [0.1, 0.15) is 53.9 Å². The summed E-state index contributed by atoms with van der Waals surface area (Å²) < 4.78 is 39.7. The molecule has 2 aromatic heterocycles. The molecule has 0 aromatic carbocycles. The second-order valence-electron chi connectivity index (χ2n) is 6.15. The number of nitrogens with zero attached hydrogens (tertiary/aromatic N) is 4. The van der Waals surface area contributed by atoms with Crippen LogP contribution in [-0.2, 0) is 17.5 Å². The van der Waals surface area contributed by atoms with E-state index < -0.39 is 17.8 Å². The highest BCUT2D eigenvalue weighted by molar-refractivity contribution is 7.15. The van der Waals surface area contributed by atoms with Crippen LogP contribution in [0.3, 0.4) is 0 Å². The maximum Gasteiger partial charge on any atom is 0.435 e. The zero-order valence-electron chi connectivity index (χ0n) is 12.5. The van der Waals surface area contributed by atoms with Gasteiger partial charge in [-0.05, 0) is 31.7 Å². The van der Waals surface area contributed by atoms with Gasteiger partial charge in [-0.25, -0.2) is 0 Å². The minimum Gasteiger partial charge on any atom is -0.299 e. The van der Waals surface area contributed by atoms with Gasteiger partial charge in [-0.1, -0.05) is 11.3 Å². The molecule has 2 fully saturated rings. The van der Waals surface area contributed by atoms with Gasteiger partial charge in [0.05, 0.1) is 0 Å². The van der Waals surface area contributed by atoms with E-state index in [9.17, 15) is 18.0 Å². The van der Waals surface area contributed by atoms with Crippen LogP contribution in [0, 0.1) is 0 Å². The number of hydrogen-bond donors (Lipinski definition) is 1. The first-order chi connectivity index (χ1) is 11.4. The molecule has 0 atom stereocenters. The Balaban J connectivity index is 1.47. The summed E-state index contributed by atoms with van der Waals surface area (Å²) in [4.78, 5) is 12.1. The summed E-state index contributed by atoms with van der Waals surface area (Å²) in [7, 11) is 0. The minimum absolute atomic E-state index is 0.0596. The Kier molecular flexibility index (Phi) is 3.59. The Labute approximate surface area is 139 Å². The zero-order valence-corrected chi connectivity index (χ0v) is 13.3. The van der Waals surface area contributed by atoms with E-state index >= 15 is 0 Å². The van der Waals surface area contributed by atoms with E-state index in [1.165, 1.54) is 11.3 Å². The maximum atomic E-state index is 12.8. The fourth-order valence-corrected chi connectivity index (χ4v) is 3.41. The van der Waals surface area contributed by atoms with Gasteiger partial charge in [-0.2, -0.15) is 18.3 Å². The van der Waals surface area contributed by atoms with Crippen molar-refractivity contribution in [1.82, 2.24) is 20.0 Å². The number of hydrogen-bond acceptors (Lipinski definition) is 5. The summed E-state index contributed by atoms with van der Waals surface area (Å²) in [6, 6.07) is 1.04. The molecule has 6 nitrogen and oxygen atoms in total. The van der Waals surface area contributed by atoms with E-state index in [0.29, 0.717) is 16.7 Å². The number of aromatic nitrogens is 4. The average Bonchev–Trinajstić information content (AvgIpc) is 3.43. The van der Waals surface area contributed by atoms with Crippen LogP contribution in [0.2, 0.25) is 0 Å². The SMILES string of the molecule is O=C(Cn1nc(C(F)(F)F)cc1C1CC1)Nc1nnc(C2CC2)s1. The number of rotatable bonds is 5. The molecule has 0 bridgehead atoms. The lowest BCUT2D eigenvalue weighted by Gasteiger charge is -2.06. The maximum absolute atomic E-state index is 12.8. The molecule has 2 saturated carbocycles. The monoisotopic (exact) mass is 357 g/mol. The number of amides is 1. The number of carbonyl (C=O) groups excluding carboxylic acids is 1. The zero-order chi connectivity index (χ0) is 16.9. The molecule has 2 aliphatic carbocycles. The molecule has 1 amide bonds. The summed E-state index contributed by atoms with van der Waals surface area (Å²) in [6.45, 7) is -0.264. The van der Waals surface area contributed by atoms with Crippen molar-refractivity contribution >= 4 is 22.4 Å². The van der Waals surface area contributed by atoms with Crippen molar-refractivity contribution in [3.05, 3.63) is 22.5 Å². The third-order valence-electron chi connectivity index (χ3n) is 4.00. The second-order valence-corrected chi connectivity index (χ2v) is 7.16. The molecule has 2 aliphatic rings. The van der Waals surface area contributed by atoms with E-state index in [2.05, 4.69) is 20.6 Å². The Morgan fingerprint density at radius 3 is 2.58 bits per heavy atom. The molecule has 128 valence electrons. The molecule has 0 saturated heterocycles. The largest absolute Gasteiger partial charge is 0.435 e. The van der Waals surface area contributed by atoms with Crippen LogP contribution in [0.25, 0.3) is 0 Å². The van der Waals surface area contributed by atoms with E-state index in [1.807, 2.05) is 0 Å². The quantitative estimate of drug-likeness (QED) is 0.892. The summed E-state index contributed by atoms with van der Waals surface area (Å²) in [5.41, 5.74) is -0.488. The van der Waals surface area contributed by atoms with Gasteiger partial charge in [0.2, 0.25) is 11.0 Å². The van der Waals surface area contributed by atoms with E-state index in [-0.39, 0.29) is 12.5 Å². The molecule has 4 rings (SSSR count). The molecular weight excluding hydrogens is 343 g/mol. The van der Waals surface area contributed by atoms with E-state index in [0.717, 1.165) is 41.4 Å². The van der Waals surface area contributed by atoms with Crippen LogP contribution in [0.4, 0.5) is 18.3 Å². The van der Waals surface area contributed by atoms with Gasteiger partial charge in [-0.3, -0.25) is 14.8 Å². The molecular formula is C14H14F3N5OS. The first-order valence-electron chi connectivity index (χ1n) is 7.68. The van der Waals surface area contributed by atoms with Crippen molar-refractivity contribution in [3.63, 3.8) is 0 Å². The van der Waals surface area contributed by atoms with Crippen molar-refractivity contribution in [2.75, 3.05) is 5.32 Å². The number of alkyl halides is 3. The van der Waals surface area contributed by atoms with Crippen LogP contribution in [0.5, 0.6) is 0 Å². The highest BCUT2D eigenvalue weighted by Gasteiger charge is 2.38. The summed E-state index contributed by atoms with van der Waals surface area (Å²) in [6.07, 6.45) is -0.692. The number of nitrogens with one attached hydrogen (secondary N) is 1. The van der Waals surface area contributed by atoms with Crippen LogP contribution in [0.15, 0.2) is 6.07 Å². The highest BCUT2D eigenvalue weighted by atomic mass is 32.1. The molecule has 2 aromatic rings. The van der Waals surface area contributed by atoms with Crippen molar-refractivity contribution in [2.45, 2.75) is 50.2 Å². The molecule has 2 heterocycles. The lowest BCUT2D eigenvalue weighted by molar-refractivity contribution is -0.141. The first kappa shape index (κ1) is 15.6. The Hall–Kier alpha value is -1.97. The Morgan fingerprint density at radius 2 is 1.96 bits per heavy atom. The number of anilines is 1. The predicted molar refractivity (Wildman–Crippen MR) is 79.7 cm³/mol. The minimum atomic E-state index is -4.51. The van der Waals surface area contributed by atoms with E-state index in [1.54, 1.807) is 0 Å². The standard InChI is InChI=1S/C14H14F3N5OS/c15-14(16,17)10-5-9(7-1-2-7)22(21-10)6-11(23)18-13-20-19-12(24-13)8-3-4-8/h5,7-8H,1-4,6H2,(H,18,20,23). The summed E-state index contributed by atoms with van der Waals surface area (Å²) >= 11 is 1.31. The van der Waals surface area contributed by atoms with Crippen LogP contribution in [-0.4, -0.2) is 25.9 Å². The predicted octanol–water partition coefficient (Wildman–Crippen LogP) is 3.15. The van der Waals surface area contributed by atoms with Crippen LogP contribution < -0.4 is 5.32 Å². The molecule has 0 aliphatic heterocycles. The lowest BCUT2D eigenvalue weighted by atomic mass is 10.2. The van der Waals surface area contributed by atoms with Gasteiger partial charge in [0, 0.05) is 17.5 Å². The molecule has 1 N–H and O–H groups in total. The van der Waals surface area contributed by atoms with Gasteiger partial charge in [0.1, 0.15) is 11.6 Å². The van der Waals surface area contributed by atoms with E-state index in [4.69, 9.17) is 0 Å². The van der Waals surface area contributed by atoms with Crippen LogP contribution >= 0.6 is 11.3 Å². The second kappa shape index (κ2) is 5.54. The molecule has 10 heteroatoms. The summed E-state index contributed by atoms with van der Waals surface area (Å²) in [5, 5.41) is 15.3. The third kappa shape index (κ3) is 3.28. The topological polar surface area (TPSA) is 72.7 Å². The Bertz CT molecular complexity index is 776.